The average molecular weight is 1200 g/mol. The van der Waals surface area contributed by atoms with Gasteiger partial charge in [0, 0.05) is 32.7 Å². The summed E-state index contributed by atoms with van der Waals surface area (Å²) >= 11 is 1.81. The molecule has 15 aromatic carbocycles. The van der Waals surface area contributed by atoms with E-state index in [9.17, 15) is 0 Å². The van der Waals surface area contributed by atoms with Crippen molar-refractivity contribution in [2.75, 3.05) is 0 Å². The van der Waals surface area contributed by atoms with Gasteiger partial charge in [0.25, 0.3) is 0 Å². The van der Waals surface area contributed by atoms with Crippen LogP contribution in [0.2, 0.25) is 0 Å². The molecule has 0 atom stereocenters. The molecule has 0 N–H and O–H groups in total. The van der Waals surface area contributed by atoms with Crippen molar-refractivity contribution < 1.29 is 9.47 Å². The van der Waals surface area contributed by atoms with Crippen molar-refractivity contribution in [3.8, 4) is 66.1 Å². The van der Waals surface area contributed by atoms with E-state index in [0.29, 0.717) is 11.5 Å². The molecule has 0 fully saturated rings. The van der Waals surface area contributed by atoms with E-state index in [4.69, 9.17) is 19.4 Å². The van der Waals surface area contributed by atoms with Crippen LogP contribution in [0.15, 0.2) is 328 Å². The van der Waals surface area contributed by atoms with Crippen LogP contribution in [-0.4, -0.2) is 9.97 Å². The van der Waals surface area contributed by atoms with Gasteiger partial charge in [-0.05, 0) is 137 Å². The Morgan fingerprint density at radius 2 is 0.581 bits per heavy atom. The smallest absolute Gasteiger partial charge is 0.135 e. The predicted molar refractivity (Wildman–Crippen MR) is 383 cm³/mol. The Hall–Kier alpha value is -11.8. The van der Waals surface area contributed by atoms with Crippen molar-refractivity contribution in [3.05, 3.63) is 372 Å². The molecule has 0 saturated carbocycles. The van der Waals surface area contributed by atoms with Crippen molar-refractivity contribution in [2.45, 2.75) is 10.8 Å². The number of nitrogens with zero attached hydrogens (tertiary/aromatic N) is 2. The van der Waals surface area contributed by atoms with Gasteiger partial charge >= 0.3 is 0 Å². The Kier molecular flexibility index (Phi) is 11.9. The molecule has 0 bridgehead atoms. The van der Waals surface area contributed by atoms with Crippen LogP contribution in [0.5, 0.6) is 23.0 Å². The number of hydrogen-bond acceptors (Lipinski definition) is 5. The van der Waals surface area contributed by atoms with Gasteiger partial charge in [-0.25, -0.2) is 9.97 Å². The topological polar surface area (TPSA) is 44.2 Å². The third-order valence-electron chi connectivity index (χ3n) is 19.7. The lowest BCUT2D eigenvalue weighted by Crippen LogP contribution is -2.28. The second kappa shape index (κ2) is 20.9. The van der Waals surface area contributed by atoms with E-state index in [2.05, 4.69) is 315 Å². The molecule has 5 heteroatoms. The number of aromatic nitrogens is 2. The maximum absolute atomic E-state index is 6.95. The second-order valence-corrected chi connectivity index (χ2v) is 25.5. The van der Waals surface area contributed by atoms with E-state index in [1.807, 2.05) is 23.5 Å². The molecule has 2 aliphatic carbocycles. The number of fused-ring (bicyclic) bond motifs is 15. The fraction of sp³-hybridized carbons (Fsp3) is 0.0227. The fourth-order valence-corrected chi connectivity index (χ4v) is 17.2. The molecule has 0 amide bonds. The van der Waals surface area contributed by atoms with E-state index >= 15 is 0 Å². The average Bonchev–Trinajstić information content (AvgIpc) is 1.54. The van der Waals surface area contributed by atoms with Crippen LogP contribution in [0.25, 0.3) is 108 Å². The first kappa shape index (κ1) is 53.1. The predicted octanol–water partition coefficient (Wildman–Crippen LogP) is 23.1. The van der Waals surface area contributed by atoms with Gasteiger partial charge in [-0.3, -0.25) is 0 Å². The lowest BCUT2D eigenvalue weighted by molar-refractivity contribution is 0.488. The summed E-state index contributed by atoms with van der Waals surface area (Å²) in [5, 5.41) is 8.18. The summed E-state index contributed by atoms with van der Waals surface area (Å²) in [7, 11) is 0. The van der Waals surface area contributed by atoms with E-state index < -0.39 is 10.8 Å². The molecular weight excluding hydrogens is 1150 g/mol. The van der Waals surface area contributed by atoms with Crippen molar-refractivity contribution in [3.63, 3.8) is 0 Å². The molecule has 434 valence electrons. The van der Waals surface area contributed by atoms with Crippen LogP contribution in [-0.2, 0) is 10.8 Å². The maximum atomic E-state index is 6.95. The zero-order valence-corrected chi connectivity index (χ0v) is 51.1. The molecule has 2 heterocycles. The summed E-state index contributed by atoms with van der Waals surface area (Å²) < 4.78 is 13.9. The van der Waals surface area contributed by atoms with Crippen molar-refractivity contribution in [1.29, 1.82) is 0 Å². The minimum absolute atomic E-state index is 0.613. The van der Waals surface area contributed by atoms with Crippen LogP contribution in [0.1, 0.15) is 44.5 Å². The fourth-order valence-electron chi connectivity index (χ4n) is 15.9. The molecular formula is C88H54N2O2S. The first-order chi connectivity index (χ1) is 46.1. The third-order valence-corrected chi connectivity index (χ3v) is 21.0. The van der Waals surface area contributed by atoms with Crippen LogP contribution in [0, 0.1) is 0 Å². The van der Waals surface area contributed by atoms with Gasteiger partial charge in [0.15, 0.2) is 0 Å². The number of hydrogen-bond donors (Lipinski definition) is 0. The number of rotatable bonds is 10. The molecule has 2 aromatic heterocycles. The molecule has 0 unspecified atom stereocenters. The number of thiophene rings is 1. The minimum atomic E-state index is -0.613. The minimum Gasteiger partial charge on any atom is -0.457 e. The number of benzene rings is 15. The summed E-state index contributed by atoms with van der Waals surface area (Å²) in [5.41, 5.74) is 19.0. The van der Waals surface area contributed by atoms with Crippen molar-refractivity contribution >= 4 is 76.5 Å². The van der Waals surface area contributed by atoms with Crippen LogP contribution in [0.4, 0.5) is 0 Å². The van der Waals surface area contributed by atoms with Crippen LogP contribution < -0.4 is 9.47 Å². The highest BCUT2D eigenvalue weighted by Gasteiger charge is 2.49. The first-order valence-corrected chi connectivity index (χ1v) is 32.6. The van der Waals surface area contributed by atoms with Crippen LogP contribution in [0.3, 0.4) is 0 Å². The molecule has 93 heavy (non-hydrogen) atoms. The lowest BCUT2D eigenvalue weighted by Gasteiger charge is -2.34. The Bertz CT molecular complexity index is 5430. The van der Waals surface area contributed by atoms with Gasteiger partial charge in [-0.2, -0.15) is 0 Å². The highest BCUT2D eigenvalue weighted by Crippen LogP contribution is 2.62. The van der Waals surface area contributed by atoms with Gasteiger partial charge in [-0.15, -0.1) is 11.3 Å². The highest BCUT2D eigenvalue weighted by atomic mass is 32.1. The van der Waals surface area contributed by atoms with Gasteiger partial charge in [-0.1, -0.05) is 279 Å². The Morgan fingerprint density at radius 1 is 0.247 bits per heavy atom. The summed E-state index contributed by atoms with van der Waals surface area (Å²) in [6.07, 6.45) is 0. The molecule has 17 aromatic rings. The van der Waals surface area contributed by atoms with E-state index in [1.54, 1.807) is 0 Å². The summed E-state index contributed by atoms with van der Waals surface area (Å²) in [5.74, 6) is 3.00. The van der Waals surface area contributed by atoms with Crippen molar-refractivity contribution in [2.24, 2.45) is 0 Å². The lowest BCUT2D eigenvalue weighted by atomic mass is 9.67. The molecule has 0 saturated heterocycles. The zero-order valence-electron chi connectivity index (χ0n) is 50.3. The summed E-state index contributed by atoms with van der Waals surface area (Å²) in [6.45, 7) is 0. The van der Waals surface area contributed by atoms with Gasteiger partial charge in [0.05, 0.1) is 31.6 Å². The van der Waals surface area contributed by atoms with Crippen molar-refractivity contribution in [1.82, 2.24) is 9.97 Å². The quantitative estimate of drug-likeness (QED) is 0.128. The Labute approximate surface area is 541 Å². The van der Waals surface area contributed by atoms with E-state index in [1.165, 1.54) is 66.8 Å². The van der Waals surface area contributed by atoms with Crippen LogP contribution >= 0.6 is 11.3 Å². The molecule has 2 aliphatic rings. The van der Waals surface area contributed by atoms with Gasteiger partial charge < -0.3 is 9.47 Å². The zero-order chi connectivity index (χ0) is 61.2. The normalized spacial score (nSPS) is 13.3. The largest absolute Gasteiger partial charge is 0.457 e. The third kappa shape index (κ3) is 7.84. The molecule has 19 rings (SSSR count). The molecule has 0 aliphatic heterocycles. The second-order valence-electron chi connectivity index (χ2n) is 24.5. The molecule has 0 radical (unpaired) electrons. The number of ether oxygens (including phenoxy) is 2. The SMILES string of the molecule is c1ccc(C2(c3ccccc3)c3ccccc3-c3c(-c4sc(-c5cccc6c5-c5ccccc5C6(c5ccccc5)c5ccccc5)c5nc6c7ccc(Oc8cccc9ccccc89)cc7c7cc(Oc8cccc9ccccc89)ccc7c6nc45)cccc32)cc1. The molecule has 4 nitrogen and oxygen atoms in total. The van der Waals surface area contributed by atoms with Gasteiger partial charge in [0.1, 0.15) is 34.0 Å². The maximum Gasteiger partial charge on any atom is 0.135 e. The van der Waals surface area contributed by atoms with E-state index in [0.717, 1.165) is 97.5 Å². The van der Waals surface area contributed by atoms with Gasteiger partial charge in [0.2, 0.25) is 0 Å². The summed E-state index contributed by atoms with van der Waals surface area (Å²) in [4.78, 5) is 14.4. The highest BCUT2D eigenvalue weighted by molar-refractivity contribution is 7.21. The molecule has 0 spiro atoms. The monoisotopic (exact) mass is 1200 g/mol. The Balaban J connectivity index is 0.921. The van der Waals surface area contributed by atoms with E-state index in [-0.39, 0.29) is 0 Å². The first-order valence-electron chi connectivity index (χ1n) is 31.8. The Morgan fingerprint density at radius 3 is 1.00 bits per heavy atom. The summed E-state index contributed by atoms with van der Waals surface area (Å²) in [6, 6.07) is 118. The standard InChI is InChI=1S/C88H54N2O2S/c1-5-29-57(30-6-1)87(58-31-7-2-8-32-58)73-43-19-17-39-67(73)79-69(41-23-45-75(79)87)85-83-84(86(93-85)70-42-24-46-76-80(70)68-40-18-20-44-74(68)88(76,59-33-9-3-10-34-59)60-35-11-4-12-36-60)90-82-66-52-50-62(92-78-48-22-28-56-26-14-16-38-64(56)78)54-72(66)71-53-61(49-51-65(71)81(82)89-83)91-77-47-21-27-55-25-13-15-37-63(55)77/h1-54H.